The second-order valence-corrected chi connectivity index (χ2v) is 7.79. The van der Waals surface area contributed by atoms with Gasteiger partial charge in [-0.1, -0.05) is 0 Å². The van der Waals surface area contributed by atoms with Crippen molar-refractivity contribution in [3.63, 3.8) is 0 Å². The summed E-state index contributed by atoms with van der Waals surface area (Å²) in [5.74, 6) is 0.322. The van der Waals surface area contributed by atoms with E-state index in [1.165, 1.54) is 12.1 Å². The molecule has 0 atom stereocenters. The number of hydrogen-bond donors (Lipinski definition) is 1. The summed E-state index contributed by atoms with van der Waals surface area (Å²) in [6.07, 6.45) is 0.675. The molecule has 1 aliphatic heterocycles. The lowest BCUT2D eigenvalue weighted by atomic mass is 10.2. The van der Waals surface area contributed by atoms with E-state index < -0.39 is 19.7 Å². The van der Waals surface area contributed by atoms with Crippen LogP contribution in [0.5, 0.6) is 0 Å². The first-order valence-corrected chi connectivity index (χ1v) is 9.20. The van der Waals surface area contributed by atoms with Gasteiger partial charge in [-0.05, 0) is 19.0 Å². The van der Waals surface area contributed by atoms with Crippen molar-refractivity contribution in [3.05, 3.63) is 38.4 Å². The molecule has 11 heteroatoms. The Hall–Kier alpha value is -2.27. The van der Waals surface area contributed by atoms with Crippen LogP contribution in [0, 0.1) is 20.2 Å². The minimum Gasteiger partial charge on any atom is -0.379 e. The topological polar surface area (TPSA) is 136 Å². The lowest BCUT2D eigenvalue weighted by Crippen LogP contribution is -2.41. The van der Waals surface area contributed by atoms with Crippen molar-refractivity contribution >= 4 is 26.9 Å². The Morgan fingerprint density at radius 3 is 2.38 bits per heavy atom. The van der Waals surface area contributed by atoms with Crippen molar-refractivity contribution in [2.75, 3.05) is 43.0 Å². The summed E-state index contributed by atoms with van der Waals surface area (Å²) in [5.41, 5.74) is -0.443. The molecule has 0 unspecified atom stereocenters. The lowest BCUT2D eigenvalue weighted by molar-refractivity contribution is -0.393. The summed E-state index contributed by atoms with van der Waals surface area (Å²) in [6, 6.07) is 3.46. The first-order chi connectivity index (χ1) is 11.3. The summed E-state index contributed by atoms with van der Waals surface area (Å²) in [7, 11) is -2.90. The maximum Gasteiger partial charge on any atom is 0.299 e. The highest BCUT2D eigenvalue weighted by Crippen LogP contribution is 2.28. The average Bonchev–Trinajstić information content (AvgIpc) is 2.52. The lowest BCUT2D eigenvalue weighted by Gasteiger charge is -2.26. The van der Waals surface area contributed by atoms with Crippen LogP contribution in [0.1, 0.15) is 6.42 Å². The maximum absolute atomic E-state index is 11.3. The highest BCUT2D eigenvalue weighted by molar-refractivity contribution is 7.91. The van der Waals surface area contributed by atoms with Crippen molar-refractivity contribution in [2.45, 2.75) is 6.42 Å². The standard InChI is InChI=1S/C13H18N4O6S/c18-16(19)11-2-3-12(13(10-11)17(20)21)14-4-1-5-15-6-8-24(22,23)9-7-15/h2-3,10,14H,1,4-9H2. The number of nitrogens with one attached hydrogen (secondary N) is 1. The number of rotatable bonds is 7. The van der Waals surface area contributed by atoms with Crippen LogP contribution in [0.3, 0.4) is 0 Å². The first kappa shape index (κ1) is 18.1. The number of nitro benzene ring substituents is 2. The number of benzene rings is 1. The van der Waals surface area contributed by atoms with Gasteiger partial charge in [0.15, 0.2) is 9.84 Å². The molecule has 0 bridgehead atoms. The third kappa shape index (κ3) is 4.86. The zero-order valence-corrected chi connectivity index (χ0v) is 13.7. The molecule has 10 nitrogen and oxygen atoms in total. The van der Waals surface area contributed by atoms with Crippen LogP contribution >= 0.6 is 0 Å². The fourth-order valence-electron chi connectivity index (χ4n) is 2.43. The third-order valence-corrected chi connectivity index (χ3v) is 5.40. The largest absolute Gasteiger partial charge is 0.379 e. The number of sulfone groups is 1. The second kappa shape index (κ2) is 7.53. The second-order valence-electron chi connectivity index (χ2n) is 5.49. The van der Waals surface area contributed by atoms with Gasteiger partial charge in [0.2, 0.25) is 0 Å². The van der Waals surface area contributed by atoms with Gasteiger partial charge < -0.3 is 10.2 Å². The number of nitrogens with zero attached hydrogens (tertiary/aromatic N) is 3. The fourth-order valence-corrected chi connectivity index (χ4v) is 3.71. The van der Waals surface area contributed by atoms with E-state index in [1.807, 2.05) is 4.90 Å². The predicted molar refractivity (Wildman–Crippen MR) is 88.0 cm³/mol. The van der Waals surface area contributed by atoms with Gasteiger partial charge >= 0.3 is 0 Å². The van der Waals surface area contributed by atoms with Gasteiger partial charge in [0.25, 0.3) is 11.4 Å². The molecule has 2 rings (SSSR count). The van der Waals surface area contributed by atoms with Crippen molar-refractivity contribution < 1.29 is 18.3 Å². The summed E-state index contributed by atoms with van der Waals surface area (Å²) < 4.78 is 22.7. The van der Waals surface area contributed by atoms with Crippen LogP contribution in [0.2, 0.25) is 0 Å². The summed E-state index contributed by atoms with van der Waals surface area (Å²) >= 11 is 0. The van der Waals surface area contributed by atoms with Crippen molar-refractivity contribution in [3.8, 4) is 0 Å². The van der Waals surface area contributed by atoms with Gasteiger partial charge in [-0.15, -0.1) is 0 Å². The van der Waals surface area contributed by atoms with Crippen LogP contribution in [-0.2, 0) is 9.84 Å². The molecule has 0 radical (unpaired) electrons. The summed E-state index contributed by atoms with van der Waals surface area (Å²) in [5, 5.41) is 24.6. The Balaban J connectivity index is 1.86. The van der Waals surface area contributed by atoms with Gasteiger partial charge in [-0.2, -0.15) is 0 Å². The number of non-ortho nitro benzene ring substituents is 1. The molecule has 0 saturated carbocycles. The SMILES string of the molecule is O=[N+]([O-])c1ccc(NCCCN2CCS(=O)(=O)CC2)c([N+](=O)[O-])c1. The van der Waals surface area contributed by atoms with E-state index in [-0.39, 0.29) is 28.6 Å². The first-order valence-electron chi connectivity index (χ1n) is 7.38. The molecule has 132 valence electrons. The van der Waals surface area contributed by atoms with Crippen molar-refractivity contribution in [2.24, 2.45) is 0 Å². The Morgan fingerprint density at radius 2 is 1.79 bits per heavy atom. The molecule has 0 spiro atoms. The molecule has 1 aliphatic rings. The normalized spacial score (nSPS) is 17.3. The van der Waals surface area contributed by atoms with Crippen molar-refractivity contribution in [1.29, 1.82) is 0 Å². The van der Waals surface area contributed by atoms with E-state index in [0.29, 0.717) is 32.6 Å². The molecule has 1 aromatic carbocycles. The molecule has 1 fully saturated rings. The van der Waals surface area contributed by atoms with E-state index in [0.717, 1.165) is 6.07 Å². The Kier molecular flexibility index (Phi) is 5.67. The van der Waals surface area contributed by atoms with Crippen LogP contribution in [0.25, 0.3) is 0 Å². The van der Waals surface area contributed by atoms with E-state index >= 15 is 0 Å². The van der Waals surface area contributed by atoms with E-state index in [1.54, 1.807) is 0 Å². The molecule has 1 saturated heterocycles. The van der Waals surface area contributed by atoms with Crippen molar-refractivity contribution in [1.82, 2.24) is 4.90 Å². The highest BCUT2D eigenvalue weighted by atomic mass is 32.2. The van der Waals surface area contributed by atoms with E-state index in [9.17, 15) is 28.6 Å². The van der Waals surface area contributed by atoms with Gasteiger partial charge in [0.05, 0.1) is 27.4 Å². The van der Waals surface area contributed by atoms with Crippen LogP contribution in [0.4, 0.5) is 17.1 Å². The number of anilines is 1. The molecule has 24 heavy (non-hydrogen) atoms. The molecule has 0 aromatic heterocycles. The Labute approximate surface area is 138 Å². The van der Waals surface area contributed by atoms with Gasteiger partial charge in [0.1, 0.15) is 5.69 Å². The van der Waals surface area contributed by atoms with Gasteiger partial charge in [-0.3, -0.25) is 20.2 Å². The summed E-state index contributed by atoms with van der Waals surface area (Å²) in [6.45, 7) is 2.13. The maximum atomic E-state index is 11.3. The Bertz CT molecular complexity index is 722. The van der Waals surface area contributed by atoms with Crippen LogP contribution in [-0.4, -0.2) is 60.8 Å². The molecule has 0 amide bonds. The minimum atomic E-state index is -2.90. The van der Waals surface area contributed by atoms with Gasteiger partial charge in [0, 0.05) is 25.7 Å². The highest BCUT2D eigenvalue weighted by Gasteiger charge is 2.21. The Morgan fingerprint density at radius 1 is 1.12 bits per heavy atom. The van der Waals surface area contributed by atoms with Gasteiger partial charge in [-0.25, -0.2) is 8.42 Å². The van der Waals surface area contributed by atoms with E-state index in [4.69, 9.17) is 0 Å². The molecule has 1 N–H and O–H groups in total. The quantitative estimate of drug-likeness (QED) is 0.434. The molecule has 1 aromatic rings. The minimum absolute atomic E-state index is 0.161. The number of hydrogen-bond acceptors (Lipinski definition) is 8. The molecule has 1 heterocycles. The fraction of sp³-hybridized carbons (Fsp3) is 0.538. The molecular weight excluding hydrogens is 340 g/mol. The summed E-state index contributed by atoms with van der Waals surface area (Å²) in [4.78, 5) is 22.4. The monoisotopic (exact) mass is 358 g/mol. The predicted octanol–water partition coefficient (Wildman–Crippen LogP) is 1.04. The average molecular weight is 358 g/mol. The smallest absolute Gasteiger partial charge is 0.299 e. The van der Waals surface area contributed by atoms with E-state index in [2.05, 4.69) is 5.32 Å². The molecule has 0 aliphatic carbocycles. The number of nitro groups is 2. The zero-order valence-electron chi connectivity index (χ0n) is 12.9. The third-order valence-electron chi connectivity index (χ3n) is 3.79. The van der Waals surface area contributed by atoms with Crippen LogP contribution < -0.4 is 5.32 Å². The van der Waals surface area contributed by atoms with Crippen LogP contribution in [0.15, 0.2) is 18.2 Å². The zero-order chi connectivity index (χ0) is 17.7. The molecular formula is C13H18N4O6S.